The van der Waals surface area contributed by atoms with Crippen molar-refractivity contribution in [2.24, 2.45) is 0 Å². The lowest BCUT2D eigenvalue weighted by Gasteiger charge is -2.32. The van der Waals surface area contributed by atoms with Gasteiger partial charge in [0.15, 0.2) is 0 Å². The van der Waals surface area contributed by atoms with Crippen molar-refractivity contribution in [3.63, 3.8) is 0 Å². The van der Waals surface area contributed by atoms with Gasteiger partial charge in [-0.05, 0) is 24.3 Å². The van der Waals surface area contributed by atoms with Crippen LogP contribution in [0, 0.1) is 0 Å². The first kappa shape index (κ1) is 20.3. The molecule has 2 aromatic rings. The van der Waals surface area contributed by atoms with Crippen LogP contribution in [0.5, 0.6) is 5.75 Å². The fourth-order valence-electron chi connectivity index (χ4n) is 2.95. The summed E-state index contributed by atoms with van der Waals surface area (Å²) >= 11 is 0. The van der Waals surface area contributed by atoms with Crippen LogP contribution in [0.25, 0.3) is 0 Å². The second kappa shape index (κ2) is 9.70. The Bertz CT molecular complexity index is 897. The number of hydrogen-bond acceptors (Lipinski definition) is 8. The van der Waals surface area contributed by atoms with Gasteiger partial charge in [0, 0.05) is 18.3 Å². The van der Waals surface area contributed by atoms with E-state index in [1.807, 2.05) is 30.3 Å². The molecule has 152 valence electrons. The second-order valence-corrected chi connectivity index (χ2v) is 6.10. The summed E-state index contributed by atoms with van der Waals surface area (Å²) in [6, 6.07) is 12.9. The molecule has 0 amide bonds. The Labute approximate surface area is 168 Å². The van der Waals surface area contributed by atoms with Gasteiger partial charge >= 0.3 is 11.9 Å². The molecule has 1 aromatic heterocycles. The summed E-state index contributed by atoms with van der Waals surface area (Å²) in [5.74, 6) is -0.764. The molecule has 0 atom stereocenters. The van der Waals surface area contributed by atoms with Gasteiger partial charge in [0.25, 0.3) is 0 Å². The summed E-state index contributed by atoms with van der Waals surface area (Å²) < 4.78 is 21.2. The molecule has 0 saturated carbocycles. The van der Waals surface area contributed by atoms with E-state index in [-0.39, 0.29) is 24.6 Å². The van der Waals surface area contributed by atoms with E-state index < -0.39 is 11.9 Å². The molecule has 0 radical (unpaired) electrons. The molecule has 8 nitrogen and oxygen atoms in total. The van der Waals surface area contributed by atoms with Crippen molar-refractivity contribution >= 4 is 17.6 Å². The molecule has 0 saturated heterocycles. The van der Waals surface area contributed by atoms with Crippen molar-refractivity contribution in [3.05, 3.63) is 65.6 Å². The van der Waals surface area contributed by atoms with Crippen LogP contribution < -0.4 is 9.64 Å². The van der Waals surface area contributed by atoms with Gasteiger partial charge in [0.05, 0.1) is 38.7 Å². The maximum Gasteiger partial charge on any atom is 0.355 e. The minimum absolute atomic E-state index is 0.0453. The summed E-state index contributed by atoms with van der Waals surface area (Å²) in [6.45, 7) is 0.408. The first-order chi connectivity index (χ1) is 14.2. The smallest absolute Gasteiger partial charge is 0.355 e. The lowest BCUT2D eigenvalue weighted by molar-refractivity contribution is -0.140. The number of para-hydroxylation sites is 2. The third-order valence-corrected chi connectivity index (χ3v) is 4.33. The summed E-state index contributed by atoms with van der Waals surface area (Å²) in [4.78, 5) is 30.4. The van der Waals surface area contributed by atoms with Crippen LogP contribution in [0.2, 0.25) is 0 Å². The minimum atomic E-state index is -0.656. The van der Waals surface area contributed by atoms with E-state index in [1.165, 1.54) is 14.2 Å². The molecule has 2 heterocycles. The molecule has 0 N–H and O–H groups in total. The maximum absolute atomic E-state index is 12.5. The van der Waals surface area contributed by atoms with Crippen molar-refractivity contribution in [2.75, 3.05) is 39.1 Å². The van der Waals surface area contributed by atoms with Crippen LogP contribution in [0.3, 0.4) is 0 Å². The van der Waals surface area contributed by atoms with E-state index >= 15 is 0 Å². The Balaban J connectivity index is 1.88. The zero-order valence-electron chi connectivity index (χ0n) is 16.3. The third kappa shape index (κ3) is 4.72. The molecule has 0 spiro atoms. The molecule has 0 bridgehead atoms. The summed E-state index contributed by atoms with van der Waals surface area (Å²) in [6.07, 6.45) is 2.36. The number of carbonyl (C=O) groups excluding carboxylic acids is 2. The number of anilines is 1. The standard InChI is InChI=1S/C21H22N2O6/c1-26-20(24)16-13-28-14-23(19(16)21(25)27-2)17-8-3-4-9-18(17)29-12-10-15-7-5-6-11-22-15/h3-9,11H,10,12-14H2,1-2H3. The van der Waals surface area contributed by atoms with Crippen molar-refractivity contribution < 1.29 is 28.5 Å². The molecule has 1 aliphatic rings. The van der Waals surface area contributed by atoms with Gasteiger partial charge in [0.1, 0.15) is 18.2 Å². The van der Waals surface area contributed by atoms with Crippen molar-refractivity contribution in [3.8, 4) is 5.75 Å². The Morgan fingerprint density at radius 3 is 2.55 bits per heavy atom. The Hall–Kier alpha value is -3.39. The normalized spacial score (nSPS) is 13.8. The SMILES string of the molecule is COC(=O)C1=C(C(=O)OC)N(c2ccccc2OCCc2ccccn2)COC1. The van der Waals surface area contributed by atoms with Crippen molar-refractivity contribution in [1.29, 1.82) is 0 Å². The number of aromatic nitrogens is 1. The van der Waals surface area contributed by atoms with Crippen molar-refractivity contribution in [2.45, 2.75) is 6.42 Å². The highest BCUT2D eigenvalue weighted by Gasteiger charge is 2.33. The molecule has 0 unspecified atom stereocenters. The summed E-state index contributed by atoms with van der Waals surface area (Å²) in [5.41, 5.74) is 1.66. The topological polar surface area (TPSA) is 87.2 Å². The van der Waals surface area contributed by atoms with E-state index in [1.54, 1.807) is 23.2 Å². The molecule has 8 heteroatoms. The van der Waals surface area contributed by atoms with Crippen LogP contribution >= 0.6 is 0 Å². The highest BCUT2D eigenvalue weighted by atomic mass is 16.5. The third-order valence-electron chi connectivity index (χ3n) is 4.33. The van der Waals surface area contributed by atoms with Crippen LogP contribution in [0.1, 0.15) is 5.69 Å². The van der Waals surface area contributed by atoms with Gasteiger partial charge in [-0.15, -0.1) is 0 Å². The second-order valence-electron chi connectivity index (χ2n) is 6.10. The van der Waals surface area contributed by atoms with Gasteiger partial charge in [0.2, 0.25) is 0 Å². The van der Waals surface area contributed by atoms with Crippen LogP contribution in [0.15, 0.2) is 59.9 Å². The Morgan fingerprint density at radius 2 is 1.83 bits per heavy atom. The fraction of sp³-hybridized carbons (Fsp3) is 0.286. The lowest BCUT2D eigenvalue weighted by atomic mass is 10.1. The van der Waals surface area contributed by atoms with Crippen LogP contribution in [-0.2, 0) is 30.2 Å². The predicted molar refractivity (Wildman–Crippen MR) is 104 cm³/mol. The highest BCUT2D eigenvalue weighted by molar-refractivity contribution is 6.03. The first-order valence-corrected chi connectivity index (χ1v) is 9.02. The summed E-state index contributed by atoms with van der Waals surface area (Å²) in [5, 5.41) is 0. The lowest BCUT2D eigenvalue weighted by Crippen LogP contribution is -2.39. The van der Waals surface area contributed by atoms with E-state index in [0.29, 0.717) is 24.5 Å². The van der Waals surface area contributed by atoms with Gasteiger partial charge in [-0.25, -0.2) is 9.59 Å². The van der Waals surface area contributed by atoms with E-state index in [0.717, 1.165) is 5.69 Å². The zero-order valence-corrected chi connectivity index (χ0v) is 16.3. The number of nitrogens with zero attached hydrogens (tertiary/aromatic N) is 2. The Morgan fingerprint density at radius 1 is 1.07 bits per heavy atom. The molecule has 29 heavy (non-hydrogen) atoms. The number of hydrogen-bond donors (Lipinski definition) is 0. The van der Waals surface area contributed by atoms with Gasteiger partial charge in [-0.1, -0.05) is 18.2 Å². The zero-order chi connectivity index (χ0) is 20.6. The van der Waals surface area contributed by atoms with Gasteiger partial charge in [-0.3, -0.25) is 4.98 Å². The number of carbonyl (C=O) groups is 2. The highest BCUT2D eigenvalue weighted by Crippen LogP contribution is 2.34. The first-order valence-electron chi connectivity index (χ1n) is 9.02. The number of ether oxygens (including phenoxy) is 4. The predicted octanol–water partition coefficient (Wildman–Crippen LogP) is 2.10. The van der Waals surface area contributed by atoms with Crippen LogP contribution in [0.4, 0.5) is 5.69 Å². The number of esters is 2. The molecular formula is C21H22N2O6. The number of pyridine rings is 1. The molecule has 0 fully saturated rings. The maximum atomic E-state index is 12.5. The molecule has 3 rings (SSSR count). The quantitative estimate of drug-likeness (QED) is 0.656. The average molecular weight is 398 g/mol. The molecular weight excluding hydrogens is 376 g/mol. The fourth-order valence-corrected chi connectivity index (χ4v) is 2.95. The van der Waals surface area contributed by atoms with E-state index in [4.69, 9.17) is 18.9 Å². The van der Waals surface area contributed by atoms with Crippen LogP contribution in [-0.4, -0.2) is 51.1 Å². The number of benzene rings is 1. The molecule has 1 aromatic carbocycles. The summed E-state index contributed by atoms with van der Waals surface area (Å²) in [7, 11) is 2.50. The van der Waals surface area contributed by atoms with Crippen molar-refractivity contribution in [1.82, 2.24) is 4.98 Å². The monoisotopic (exact) mass is 398 g/mol. The largest absolute Gasteiger partial charge is 0.491 e. The number of methoxy groups -OCH3 is 2. The minimum Gasteiger partial charge on any atom is -0.491 e. The number of rotatable bonds is 7. The Kier molecular flexibility index (Phi) is 6.80. The molecule has 0 aliphatic carbocycles. The molecule has 1 aliphatic heterocycles. The average Bonchev–Trinajstić information content (AvgIpc) is 2.78. The van der Waals surface area contributed by atoms with E-state index in [2.05, 4.69) is 4.98 Å². The van der Waals surface area contributed by atoms with E-state index in [9.17, 15) is 9.59 Å². The van der Waals surface area contributed by atoms with Gasteiger partial charge < -0.3 is 23.8 Å². The van der Waals surface area contributed by atoms with Gasteiger partial charge in [-0.2, -0.15) is 0 Å².